The number of aromatic nitrogens is 1. The van der Waals surface area contributed by atoms with Gasteiger partial charge in [-0.2, -0.15) is 0 Å². The van der Waals surface area contributed by atoms with Crippen molar-refractivity contribution in [3.05, 3.63) is 51.5 Å². The summed E-state index contributed by atoms with van der Waals surface area (Å²) in [5, 5.41) is 7.69. The number of ether oxygens (including phenoxy) is 2. The first-order valence-electron chi connectivity index (χ1n) is 9.36. The Hall–Kier alpha value is -1.96. The average Bonchev–Trinajstić information content (AvgIpc) is 3.13. The van der Waals surface area contributed by atoms with Crippen LogP contribution in [0.1, 0.15) is 33.9 Å². The fraction of sp³-hybridized carbons (Fsp3) is 0.500. The highest BCUT2D eigenvalue weighted by atomic mass is 32.1. The van der Waals surface area contributed by atoms with Gasteiger partial charge in [-0.05, 0) is 30.9 Å². The lowest BCUT2D eigenvalue weighted by molar-refractivity contribution is -0.0390. The maximum atomic E-state index is 5.97. The Morgan fingerprint density at radius 3 is 2.56 bits per heavy atom. The maximum absolute atomic E-state index is 5.97. The number of nitrogens with one attached hydrogen (secondary N) is 2. The second-order valence-electron chi connectivity index (χ2n) is 6.58. The number of hydrogen-bond donors (Lipinski definition) is 2. The fourth-order valence-electron chi connectivity index (χ4n) is 2.86. The first-order chi connectivity index (χ1) is 13.2. The summed E-state index contributed by atoms with van der Waals surface area (Å²) in [6.07, 6.45) is 4.21. The average molecular weight is 389 g/mol. The quantitative estimate of drug-likeness (QED) is 0.564. The van der Waals surface area contributed by atoms with Crippen molar-refractivity contribution in [1.82, 2.24) is 15.6 Å². The minimum absolute atomic E-state index is 0.330. The lowest BCUT2D eigenvalue weighted by Gasteiger charge is -2.22. The van der Waals surface area contributed by atoms with Gasteiger partial charge in [0.05, 0.1) is 19.3 Å². The summed E-state index contributed by atoms with van der Waals surface area (Å²) in [7, 11) is 1.78. The van der Waals surface area contributed by atoms with Gasteiger partial charge in [0.1, 0.15) is 5.01 Å². The molecule has 0 amide bonds. The van der Waals surface area contributed by atoms with Gasteiger partial charge in [0.15, 0.2) is 5.96 Å². The third kappa shape index (κ3) is 6.61. The van der Waals surface area contributed by atoms with Gasteiger partial charge in [-0.1, -0.05) is 24.3 Å². The minimum Gasteiger partial charge on any atom is -0.381 e. The largest absolute Gasteiger partial charge is 0.381 e. The van der Waals surface area contributed by atoms with Crippen molar-refractivity contribution in [2.75, 3.05) is 20.3 Å². The Bertz CT molecular complexity index is 724. The number of hydrogen-bond acceptors (Lipinski definition) is 5. The van der Waals surface area contributed by atoms with Gasteiger partial charge < -0.3 is 20.1 Å². The van der Waals surface area contributed by atoms with E-state index < -0.39 is 0 Å². The topological polar surface area (TPSA) is 67.8 Å². The van der Waals surface area contributed by atoms with Crippen LogP contribution in [0.4, 0.5) is 0 Å². The van der Waals surface area contributed by atoms with Crippen molar-refractivity contribution in [3.63, 3.8) is 0 Å². The summed E-state index contributed by atoms with van der Waals surface area (Å²) in [5.41, 5.74) is 2.41. The Morgan fingerprint density at radius 2 is 1.89 bits per heavy atom. The zero-order chi connectivity index (χ0) is 18.9. The summed E-state index contributed by atoms with van der Waals surface area (Å²) in [6, 6.07) is 8.52. The van der Waals surface area contributed by atoms with Crippen LogP contribution in [0.5, 0.6) is 0 Å². The molecule has 0 aliphatic carbocycles. The molecule has 6 nitrogen and oxygen atoms in total. The molecule has 1 aliphatic rings. The first kappa shape index (κ1) is 19.8. The van der Waals surface area contributed by atoms with E-state index in [1.807, 2.05) is 6.20 Å². The van der Waals surface area contributed by atoms with Crippen LogP contribution in [0, 0.1) is 6.92 Å². The van der Waals surface area contributed by atoms with Gasteiger partial charge in [0.25, 0.3) is 0 Å². The molecule has 1 aliphatic heterocycles. The van der Waals surface area contributed by atoms with E-state index in [0.717, 1.165) is 43.6 Å². The molecule has 0 atom stereocenters. The maximum Gasteiger partial charge on any atom is 0.191 e. The Morgan fingerprint density at radius 1 is 1.19 bits per heavy atom. The molecule has 1 saturated heterocycles. The summed E-state index contributed by atoms with van der Waals surface area (Å²) < 4.78 is 11.3. The highest BCUT2D eigenvalue weighted by Gasteiger charge is 2.13. The number of aryl methyl sites for hydroxylation is 1. The van der Waals surface area contributed by atoms with Gasteiger partial charge in [0.2, 0.25) is 0 Å². The molecular weight excluding hydrogens is 360 g/mol. The van der Waals surface area contributed by atoms with Crippen LogP contribution in [-0.2, 0) is 29.2 Å². The molecule has 146 valence electrons. The van der Waals surface area contributed by atoms with Gasteiger partial charge in [0, 0.05) is 37.9 Å². The van der Waals surface area contributed by atoms with E-state index in [4.69, 9.17) is 9.47 Å². The van der Waals surface area contributed by atoms with Gasteiger partial charge in [-0.25, -0.2) is 4.98 Å². The Labute approximate surface area is 165 Å². The predicted octanol–water partition coefficient (Wildman–Crippen LogP) is 3.01. The number of nitrogens with zero attached hydrogens (tertiary/aromatic N) is 2. The Balaban J connectivity index is 1.40. The van der Waals surface area contributed by atoms with E-state index in [2.05, 4.69) is 51.8 Å². The van der Waals surface area contributed by atoms with E-state index in [9.17, 15) is 0 Å². The number of benzene rings is 1. The molecule has 1 fully saturated rings. The third-order valence-corrected chi connectivity index (χ3v) is 5.35. The van der Waals surface area contributed by atoms with Crippen molar-refractivity contribution in [2.45, 2.75) is 45.6 Å². The van der Waals surface area contributed by atoms with Crippen molar-refractivity contribution in [2.24, 2.45) is 4.99 Å². The van der Waals surface area contributed by atoms with E-state index in [0.29, 0.717) is 19.3 Å². The minimum atomic E-state index is 0.330. The number of rotatable bonds is 7. The smallest absolute Gasteiger partial charge is 0.191 e. The normalized spacial score (nSPS) is 15.7. The molecule has 0 bridgehead atoms. The molecule has 27 heavy (non-hydrogen) atoms. The SMILES string of the molecule is CN=C(NCc1ccc(COC2CCOCC2)cc1)NCc1ncc(C)s1. The van der Waals surface area contributed by atoms with E-state index in [-0.39, 0.29) is 0 Å². The van der Waals surface area contributed by atoms with E-state index >= 15 is 0 Å². The van der Waals surface area contributed by atoms with Crippen molar-refractivity contribution >= 4 is 17.3 Å². The molecule has 2 heterocycles. The molecule has 2 N–H and O–H groups in total. The summed E-state index contributed by atoms with van der Waals surface area (Å²) in [6.45, 7) is 5.75. The molecule has 0 radical (unpaired) electrons. The van der Waals surface area contributed by atoms with Crippen LogP contribution in [0.25, 0.3) is 0 Å². The lowest BCUT2D eigenvalue weighted by Crippen LogP contribution is -2.36. The van der Waals surface area contributed by atoms with Gasteiger partial charge >= 0.3 is 0 Å². The zero-order valence-corrected chi connectivity index (χ0v) is 16.8. The summed E-state index contributed by atoms with van der Waals surface area (Å²) >= 11 is 1.70. The van der Waals surface area contributed by atoms with Gasteiger partial charge in [-0.15, -0.1) is 11.3 Å². The zero-order valence-electron chi connectivity index (χ0n) is 16.0. The molecule has 1 aromatic carbocycles. The molecular formula is C20H28N4O2S. The third-order valence-electron chi connectivity index (χ3n) is 4.44. The lowest BCUT2D eigenvalue weighted by atomic mass is 10.1. The monoisotopic (exact) mass is 388 g/mol. The number of thiazole rings is 1. The van der Waals surface area contributed by atoms with Crippen molar-refractivity contribution < 1.29 is 9.47 Å². The molecule has 0 spiro atoms. The highest BCUT2D eigenvalue weighted by Crippen LogP contribution is 2.14. The summed E-state index contributed by atoms with van der Waals surface area (Å²) in [4.78, 5) is 9.84. The Kier molecular flexibility index (Phi) is 7.62. The molecule has 0 saturated carbocycles. The van der Waals surface area contributed by atoms with Crippen molar-refractivity contribution in [3.8, 4) is 0 Å². The fourth-order valence-corrected chi connectivity index (χ4v) is 3.59. The van der Waals surface area contributed by atoms with Crippen LogP contribution in [0.2, 0.25) is 0 Å². The standard InChI is InChI=1S/C20H28N4O2S/c1-15-11-22-19(27-15)13-24-20(21-2)23-12-16-3-5-17(6-4-16)14-26-18-7-9-25-10-8-18/h3-6,11,18H,7-10,12-14H2,1-2H3,(H2,21,23,24). The van der Waals surface area contributed by atoms with E-state index in [1.165, 1.54) is 16.0 Å². The predicted molar refractivity (Wildman–Crippen MR) is 109 cm³/mol. The van der Waals surface area contributed by atoms with Crippen LogP contribution in [0.3, 0.4) is 0 Å². The van der Waals surface area contributed by atoms with Gasteiger partial charge in [-0.3, -0.25) is 4.99 Å². The number of guanidine groups is 1. The van der Waals surface area contributed by atoms with Crippen LogP contribution in [0.15, 0.2) is 35.5 Å². The molecule has 7 heteroatoms. The van der Waals surface area contributed by atoms with Crippen LogP contribution in [-0.4, -0.2) is 37.3 Å². The number of aliphatic imine (C=N–C) groups is 1. The molecule has 1 aromatic heterocycles. The van der Waals surface area contributed by atoms with Crippen LogP contribution >= 0.6 is 11.3 Å². The molecule has 0 unspecified atom stereocenters. The summed E-state index contributed by atoms with van der Waals surface area (Å²) in [5.74, 6) is 0.773. The van der Waals surface area contributed by atoms with E-state index in [1.54, 1.807) is 18.4 Å². The second kappa shape index (κ2) is 10.4. The highest BCUT2D eigenvalue weighted by molar-refractivity contribution is 7.11. The van der Waals surface area contributed by atoms with Crippen molar-refractivity contribution in [1.29, 1.82) is 0 Å². The van der Waals surface area contributed by atoms with Crippen LogP contribution < -0.4 is 10.6 Å². The molecule has 3 rings (SSSR count). The molecule has 2 aromatic rings. The second-order valence-corrected chi connectivity index (χ2v) is 7.90. The first-order valence-corrected chi connectivity index (χ1v) is 10.2.